The topological polar surface area (TPSA) is 0 Å². The van der Waals surface area contributed by atoms with Gasteiger partial charge in [-0.2, -0.15) is 0 Å². The summed E-state index contributed by atoms with van der Waals surface area (Å²) in [6.07, 6.45) is 10.6. The van der Waals surface area contributed by atoms with Crippen LogP contribution in [0.3, 0.4) is 0 Å². The van der Waals surface area contributed by atoms with Crippen LogP contribution in [0.2, 0.25) is 0 Å². The number of allylic oxidation sites excluding steroid dienone is 8. The summed E-state index contributed by atoms with van der Waals surface area (Å²) in [6.45, 7) is 6.84. The normalized spacial score (nSPS) is 20.9. The second-order valence-corrected chi connectivity index (χ2v) is 6.49. The zero-order chi connectivity index (χ0) is 10.8. The van der Waals surface area contributed by atoms with Crippen molar-refractivity contribution in [1.82, 2.24) is 0 Å². The van der Waals surface area contributed by atoms with Gasteiger partial charge in [-0.3, -0.25) is 0 Å². The van der Waals surface area contributed by atoms with Crippen molar-refractivity contribution in [2.75, 3.05) is 0 Å². The van der Waals surface area contributed by atoms with Gasteiger partial charge in [-0.25, -0.2) is 0 Å². The molecule has 2 rings (SSSR count). The maximum absolute atomic E-state index is 2.38. The fourth-order valence-electron chi connectivity index (χ4n) is 1.99. The van der Waals surface area contributed by atoms with Crippen molar-refractivity contribution >= 4 is 0 Å². The Labute approximate surface area is 100 Å². The van der Waals surface area contributed by atoms with Gasteiger partial charge in [0.25, 0.3) is 0 Å². The van der Waals surface area contributed by atoms with Crippen molar-refractivity contribution in [3.05, 3.63) is 43.3 Å². The molecule has 0 aromatic rings. The number of hydrogen-bond acceptors (Lipinski definition) is 0. The standard InChI is InChI=1S/2C7H9.Ru/c1-6-3-4-7(2)5-6;1-2-7-5-3-4-6-7;/h3H,4H2,1-2H3;3,5H,2,4H2,1H3;. The van der Waals surface area contributed by atoms with Crippen molar-refractivity contribution in [1.29, 1.82) is 0 Å². The van der Waals surface area contributed by atoms with Crippen molar-refractivity contribution in [2.45, 2.75) is 40.0 Å². The van der Waals surface area contributed by atoms with E-state index < -0.39 is 0 Å². The molecule has 0 radical (unpaired) electrons. The van der Waals surface area contributed by atoms with Crippen molar-refractivity contribution in [3.8, 4) is 0 Å². The van der Waals surface area contributed by atoms with Crippen LogP contribution in [0, 0.1) is 0 Å². The van der Waals surface area contributed by atoms with Crippen molar-refractivity contribution in [2.24, 2.45) is 0 Å². The molecular formula is C14H18Ru. The second kappa shape index (κ2) is 4.62. The maximum atomic E-state index is 2.38. The van der Waals surface area contributed by atoms with E-state index in [1.54, 1.807) is 25.1 Å². The molecule has 0 saturated heterocycles. The summed E-state index contributed by atoms with van der Waals surface area (Å²) in [7, 11) is 0. The molecule has 1 heteroatoms. The van der Waals surface area contributed by atoms with Crippen LogP contribution in [-0.4, -0.2) is 0 Å². The summed E-state index contributed by atoms with van der Waals surface area (Å²) < 4.78 is 3.42. The second-order valence-electron chi connectivity index (χ2n) is 4.14. The third kappa shape index (κ3) is 2.23. The molecule has 0 aromatic carbocycles. The summed E-state index contributed by atoms with van der Waals surface area (Å²) in [5.74, 6) is 0. The molecule has 0 bridgehead atoms. The molecule has 15 heavy (non-hydrogen) atoms. The molecule has 0 spiro atoms. The SMILES string of the molecule is CCC1=[C]([Ru][C]2=C(C)CC=C2C)CC=C1. The average Bonchev–Trinajstić information content (AvgIpc) is 2.79. The van der Waals surface area contributed by atoms with Gasteiger partial charge in [-0.15, -0.1) is 0 Å². The molecule has 0 fully saturated rings. The van der Waals surface area contributed by atoms with Crippen LogP contribution in [0.25, 0.3) is 0 Å². The first kappa shape index (κ1) is 11.1. The Balaban J connectivity index is 2.17. The molecular weight excluding hydrogens is 269 g/mol. The van der Waals surface area contributed by atoms with E-state index in [0.29, 0.717) is 17.1 Å². The summed E-state index contributed by atoms with van der Waals surface area (Å²) in [6, 6.07) is 0. The molecule has 82 valence electrons. The van der Waals surface area contributed by atoms with Gasteiger partial charge in [-0.05, 0) is 0 Å². The summed E-state index contributed by atoms with van der Waals surface area (Å²) in [5.41, 5.74) is 4.76. The fourth-order valence-corrected chi connectivity index (χ4v) is 4.69. The third-order valence-electron chi connectivity index (χ3n) is 2.94. The molecule has 0 amide bonds. The van der Waals surface area contributed by atoms with Crippen molar-refractivity contribution in [3.63, 3.8) is 0 Å². The van der Waals surface area contributed by atoms with E-state index in [1.165, 1.54) is 19.3 Å². The minimum atomic E-state index is 0.313. The van der Waals surface area contributed by atoms with Gasteiger partial charge in [0.05, 0.1) is 0 Å². The molecule has 0 aliphatic heterocycles. The van der Waals surface area contributed by atoms with E-state index in [1.807, 2.05) is 0 Å². The van der Waals surface area contributed by atoms with Gasteiger partial charge in [-0.1, -0.05) is 0 Å². The number of rotatable bonds is 3. The first-order chi connectivity index (χ1) is 7.22. The Kier molecular flexibility index (Phi) is 3.41. The summed E-state index contributed by atoms with van der Waals surface area (Å²) in [4.78, 5) is 0. The quantitative estimate of drug-likeness (QED) is 0.678. The van der Waals surface area contributed by atoms with Gasteiger partial charge in [0, 0.05) is 0 Å². The van der Waals surface area contributed by atoms with Crippen LogP contribution in [-0.2, 0) is 17.1 Å². The van der Waals surface area contributed by atoms with E-state index in [2.05, 4.69) is 39.0 Å². The van der Waals surface area contributed by atoms with Gasteiger partial charge in [0.15, 0.2) is 0 Å². The number of hydrogen-bond donors (Lipinski definition) is 0. The molecule has 0 nitrogen and oxygen atoms in total. The molecule has 0 heterocycles. The van der Waals surface area contributed by atoms with Gasteiger partial charge in [0.1, 0.15) is 0 Å². The minimum absolute atomic E-state index is 0.313. The Hall–Kier alpha value is -0.417. The van der Waals surface area contributed by atoms with Crippen LogP contribution >= 0.6 is 0 Å². The fraction of sp³-hybridized carbons (Fsp3) is 0.429. The zero-order valence-corrected chi connectivity index (χ0v) is 11.4. The molecule has 0 atom stereocenters. The molecule has 0 N–H and O–H groups in total. The molecule has 0 aromatic heterocycles. The van der Waals surface area contributed by atoms with Crippen LogP contribution in [0.1, 0.15) is 40.0 Å². The zero-order valence-electron chi connectivity index (χ0n) is 9.71. The van der Waals surface area contributed by atoms with Crippen LogP contribution < -0.4 is 0 Å². The van der Waals surface area contributed by atoms with E-state index in [-0.39, 0.29) is 0 Å². The predicted octanol–water partition coefficient (Wildman–Crippen LogP) is 4.32. The Morgan fingerprint density at radius 3 is 2.67 bits per heavy atom. The Bertz CT molecular complexity index is 392. The van der Waals surface area contributed by atoms with Crippen LogP contribution in [0.5, 0.6) is 0 Å². The molecule has 0 saturated carbocycles. The summed E-state index contributed by atoms with van der Waals surface area (Å²) in [5, 5.41) is 0. The van der Waals surface area contributed by atoms with Gasteiger partial charge in [0.2, 0.25) is 0 Å². The van der Waals surface area contributed by atoms with Gasteiger partial charge < -0.3 is 0 Å². The Morgan fingerprint density at radius 1 is 1.27 bits per heavy atom. The van der Waals surface area contributed by atoms with Gasteiger partial charge >= 0.3 is 100 Å². The van der Waals surface area contributed by atoms with Crippen LogP contribution in [0.4, 0.5) is 0 Å². The first-order valence-corrected chi connectivity index (χ1v) is 7.34. The monoisotopic (exact) mass is 288 g/mol. The summed E-state index contributed by atoms with van der Waals surface area (Å²) >= 11 is 0.313. The van der Waals surface area contributed by atoms with Crippen molar-refractivity contribution < 1.29 is 17.1 Å². The van der Waals surface area contributed by atoms with E-state index in [0.717, 1.165) is 0 Å². The molecule has 2 aliphatic carbocycles. The van der Waals surface area contributed by atoms with E-state index >= 15 is 0 Å². The first-order valence-electron chi connectivity index (χ1n) is 5.60. The molecule has 0 unspecified atom stereocenters. The van der Waals surface area contributed by atoms with Crippen LogP contribution in [0.15, 0.2) is 43.3 Å². The van der Waals surface area contributed by atoms with E-state index in [9.17, 15) is 0 Å². The van der Waals surface area contributed by atoms with E-state index in [4.69, 9.17) is 0 Å². The predicted molar refractivity (Wildman–Crippen MR) is 62.1 cm³/mol. The Morgan fingerprint density at radius 2 is 2.07 bits per heavy atom. The molecule has 2 aliphatic rings. The average molecular weight is 287 g/mol. The third-order valence-corrected chi connectivity index (χ3v) is 6.24.